The van der Waals surface area contributed by atoms with E-state index in [1.165, 1.54) is 6.42 Å². The minimum absolute atomic E-state index is 0.0856. The van der Waals surface area contributed by atoms with E-state index in [0.29, 0.717) is 23.1 Å². The topological polar surface area (TPSA) is 38.8 Å². The van der Waals surface area contributed by atoms with Crippen molar-refractivity contribution in [2.45, 2.75) is 25.3 Å². The van der Waals surface area contributed by atoms with Gasteiger partial charge in [-0.15, -0.1) is 0 Å². The number of carbonyl (C=O) groups is 1. The van der Waals surface area contributed by atoms with E-state index in [-0.39, 0.29) is 12.7 Å². The van der Waals surface area contributed by atoms with Crippen molar-refractivity contribution in [3.05, 3.63) is 23.8 Å². The summed E-state index contributed by atoms with van der Waals surface area (Å²) in [4.78, 5) is 14.5. The molecule has 5 heteroatoms. The molecule has 0 spiro atoms. The fraction of sp³-hybridized carbons (Fsp3) is 0.500. The number of likely N-dealkylation sites (tertiary alicyclic amines) is 1. The number of carbonyl (C=O) groups excluding carboxylic acids is 1. The third kappa shape index (κ3) is 2.43. The lowest BCUT2D eigenvalue weighted by Crippen LogP contribution is -2.44. The Morgan fingerprint density at radius 1 is 1.32 bits per heavy atom. The van der Waals surface area contributed by atoms with Crippen LogP contribution in [0.3, 0.4) is 0 Å². The van der Waals surface area contributed by atoms with Gasteiger partial charge in [-0.1, -0.05) is 15.9 Å². The molecule has 0 N–H and O–H groups in total. The molecule has 19 heavy (non-hydrogen) atoms. The summed E-state index contributed by atoms with van der Waals surface area (Å²) in [7, 11) is 0. The predicted octanol–water partition coefficient (Wildman–Crippen LogP) is 2.80. The third-order valence-electron chi connectivity index (χ3n) is 3.69. The molecule has 0 bridgehead atoms. The highest BCUT2D eigenvalue weighted by molar-refractivity contribution is 9.09. The number of piperidine rings is 1. The largest absolute Gasteiger partial charge is 0.454 e. The van der Waals surface area contributed by atoms with Crippen LogP contribution in [0.2, 0.25) is 0 Å². The Morgan fingerprint density at radius 3 is 3.00 bits per heavy atom. The summed E-state index contributed by atoms with van der Waals surface area (Å²) in [6, 6.07) is 5.70. The van der Waals surface area contributed by atoms with E-state index in [1.54, 1.807) is 6.07 Å². The van der Waals surface area contributed by atoms with Crippen LogP contribution < -0.4 is 9.47 Å². The van der Waals surface area contributed by atoms with E-state index in [0.717, 1.165) is 24.7 Å². The molecule has 0 saturated carbocycles. The summed E-state index contributed by atoms with van der Waals surface area (Å²) >= 11 is 3.50. The Morgan fingerprint density at radius 2 is 2.16 bits per heavy atom. The first kappa shape index (κ1) is 12.8. The molecule has 2 aliphatic heterocycles. The molecule has 0 aromatic heterocycles. The maximum absolute atomic E-state index is 12.6. The van der Waals surface area contributed by atoms with Gasteiger partial charge in [-0.05, 0) is 37.5 Å². The highest BCUT2D eigenvalue weighted by Crippen LogP contribution is 2.33. The van der Waals surface area contributed by atoms with Crippen molar-refractivity contribution in [3.8, 4) is 11.5 Å². The number of fused-ring (bicyclic) bond motifs is 1. The molecule has 0 radical (unpaired) electrons. The molecule has 2 heterocycles. The van der Waals surface area contributed by atoms with Crippen LogP contribution in [0.5, 0.6) is 11.5 Å². The first-order valence-electron chi connectivity index (χ1n) is 6.56. The van der Waals surface area contributed by atoms with E-state index >= 15 is 0 Å². The van der Waals surface area contributed by atoms with E-state index in [2.05, 4.69) is 15.9 Å². The van der Waals surface area contributed by atoms with Crippen molar-refractivity contribution < 1.29 is 14.3 Å². The van der Waals surface area contributed by atoms with Crippen molar-refractivity contribution >= 4 is 21.8 Å². The van der Waals surface area contributed by atoms with Gasteiger partial charge in [0.05, 0.1) is 0 Å². The SMILES string of the molecule is O=C(c1ccc2c(c1)OCO2)N1CCCCC1CBr. The van der Waals surface area contributed by atoms with Crippen molar-refractivity contribution in [2.75, 3.05) is 18.7 Å². The van der Waals surface area contributed by atoms with Crippen LogP contribution in [0.15, 0.2) is 18.2 Å². The Hall–Kier alpha value is -1.23. The maximum Gasteiger partial charge on any atom is 0.254 e. The van der Waals surface area contributed by atoms with Crippen LogP contribution >= 0.6 is 15.9 Å². The zero-order chi connectivity index (χ0) is 13.2. The Kier molecular flexibility index (Phi) is 3.64. The molecular weight excluding hydrogens is 310 g/mol. The summed E-state index contributed by atoms with van der Waals surface area (Å²) in [6.07, 6.45) is 3.35. The van der Waals surface area contributed by atoms with E-state index in [1.807, 2.05) is 17.0 Å². The monoisotopic (exact) mass is 325 g/mol. The number of halogens is 1. The number of hydrogen-bond acceptors (Lipinski definition) is 3. The van der Waals surface area contributed by atoms with Gasteiger partial charge in [0.1, 0.15) is 0 Å². The summed E-state index contributed by atoms with van der Waals surface area (Å²) in [5.74, 6) is 1.47. The Labute approximate surface area is 120 Å². The van der Waals surface area contributed by atoms with Gasteiger partial charge in [0, 0.05) is 23.5 Å². The number of alkyl halides is 1. The summed E-state index contributed by atoms with van der Waals surface area (Å²) in [6.45, 7) is 1.07. The van der Waals surface area contributed by atoms with Crippen molar-refractivity contribution in [1.82, 2.24) is 4.90 Å². The third-order valence-corrected chi connectivity index (χ3v) is 4.43. The van der Waals surface area contributed by atoms with Crippen molar-refractivity contribution in [2.24, 2.45) is 0 Å². The average Bonchev–Trinajstić information content (AvgIpc) is 2.93. The van der Waals surface area contributed by atoms with Crippen LogP contribution in [0, 0.1) is 0 Å². The second-order valence-electron chi connectivity index (χ2n) is 4.87. The van der Waals surface area contributed by atoms with Gasteiger partial charge in [0.25, 0.3) is 5.91 Å². The summed E-state index contributed by atoms with van der Waals surface area (Å²) in [5.41, 5.74) is 0.678. The van der Waals surface area contributed by atoms with Crippen LogP contribution in [-0.2, 0) is 0 Å². The normalized spacial score (nSPS) is 21.5. The van der Waals surface area contributed by atoms with Crippen LogP contribution in [-0.4, -0.2) is 35.5 Å². The highest BCUT2D eigenvalue weighted by Gasteiger charge is 2.27. The van der Waals surface area contributed by atoms with Gasteiger partial charge in [-0.2, -0.15) is 0 Å². The number of benzene rings is 1. The Bertz CT molecular complexity index is 492. The molecule has 1 amide bonds. The smallest absolute Gasteiger partial charge is 0.254 e. The van der Waals surface area contributed by atoms with Gasteiger partial charge < -0.3 is 14.4 Å². The summed E-state index contributed by atoms with van der Waals surface area (Å²) < 4.78 is 10.6. The lowest BCUT2D eigenvalue weighted by atomic mass is 10.0. The average molecular weight is 326 g/mol. The quantitative estimate of drug-likeness (QED) is 0.785. The second kappa shape index (κ2) is 5.41. The van der Waals surface area contributed by atoms with Gasteiger partial charge in [-0.25, -0.2) is 0 Å². The second-order valence-corrected chi connectivity index (χ2v) is 5.52. The van der Waals surface area contributed by atoms with Crippen molar-refractivity contribution in [3.63, 3.8) is 0 Å². The van der Waals surface area contributed by atoms with Gasteiger partial charge in [0.15, 0.2) is 11.5 Å². The minimum atomic E-state index is 0.0856. The molecule has 1 aromatic carbocycles. The van der Waals surface area contributed by atoms with Gasteiger partial charge in [0.2, 0.25) is 6.79 Å². The number of nitrogens with zero attached hydrogens (tertiary/aromatic N) is 1. The molecule has 1 aromatic rings. The lowest BCUT2D eigenvalue weighted by Gasteiger charge is -2.34. The molecule has 4 nitrogen and oxygen atoms in total. The molecule has 3 rings (SSSR count). The molecule has 1 fully saturated rings. The Balaban J connectivity index is 1.82. The number of hydrogen-bond donors (Lipinski definition) is 0. The fourth-order valence-electron chi connectivity index (χ4n) is 2.62. The maximum atomic E-state index is 12.6. The predicted molar refractivity (Wildman–Crippen MR) is 75.0 cm³/mol. The zero-order valence-electron chi connectivity index (χ0n) is 10.6. The first-order chi connectivity index (χ1) is 9.29. The number of amides is 1. The lowest BCUT2D eigenvalue weighted by molar-refractivity contribution is 0.0641. The minimum Gasteiger partial charge on any atom is -0.454 e. The standard InChI is InChI=1S/C14H16BrNO3/c15-8-11-3-1-2-6-16(11)14(17)10-4-5-12-13(7-10)19-9-18-12/h4-5,7,11H,1-3,6,8-9H2. The van der Waals surface area contributed by atoms with E-state index < -0.39 is 0 Å². The zero-order valence-corrected chi connectivity index (χ0v) is 12.2. The first-order valence-corrected chi connectivity index (χ1v) is 7.68. The van der Waals surface area contributed by atoms with Gasteiger partial charge >= 0.3 is 0 Å². The molecule has 2 aliphatic rings. The number of rotatable bonds is 2. The molecule has 1 unspecified atom stereocenters. The van der Waals surface area contributed by atoms with Crippen LogP contribution in [0.25, 0.3) is 0 Å². The van der Waals surface area contributed by atoms with Crippen molar-refractivity contribution in [1.29, 1.82) is 0 Å². The molecule has 1 atom stereocenters. The molecule has 0 aliphatic carbocycles. The molecule has 1 saturated heterocycles. The van der Waals surface area contributed by atoms with Crippen LogP contribution in [0.1, 0.15) is 29.6 Å². The summed E-state index contributed by atoms with van der Waals surface area (Å²) in [5, 5.41) is 0.837. The molecular formula is C14H16BrNO3. The van der Waals surface area contributed by atoms with E-state index in [4.69, 9.17) is 9.47 Å². The molecule has 102 valence electrons. The van der Waals surface area contributed by atoms with E-state index in [9.17, 15) is 4.79 Å². The highest BCUT2D eigenvalue weighted by atomic mass is 79.9. The fourth-order valence-corrected chi connectivity index (χ4v) is 3.30. The number of ether oxygens (including phenoxy) is 2. The van der Waals surface area contributed by atoms with Crippen LogP contribution in [0.4, 0.5) is 0 Å². The van der Waals surface area contributed by atoms with Gasteiger partial charge in [-0.3, -0.25) is 4.79 Å².